The number of hydrogen-bond acceptors (Lipinski definition) is 7. The molecule has 12 rings (SSSR count). The zero-order valence-corrected chi connectivity index (χ0v) is 46.7. The molecule has 0 bridgehead atoms. The molecule has 3 aromatic heterocycles. The van der Waals surface area contributed by atoms with Crippen molar-refractivity contribution in [1.82, 2.24) is 38.7 Å². The van der Waals surface area contributed by atoms with Gasteiger partial charge in [0.2, 0.25) is 5.91 Å². The Bertz CT molecular complexity index is 4180. The first-order valence-electron chi connectivity index (χ1n) is 26.9. The van der Waals surface area contributed by atoms with Crippen LogP contribution in [0.25, 0.3) is 22.2 Å². The van der Waals surface area contributed by atoms with Gasteiger partial charge in [0.05, 0.1) is 33.2 Å². The van der Waals surface area contributed by atoms with Crippen LogP contribution in [0.15, 0.2) is 248 Å². The van der Waals surface area contributed by atoms with Gasteiger partial charge in [-0.25, -0.2) is 9.18 Å². The summed E-state index contributed by atoms with van der Waals surface area (Å²) in [5.74, 6) is -0.639. The van der Waals surface area contributed by atoms with Crippen molar-refractivity contribution in [3.63, 3.8) is 0 Å². The van der Waals surface area contributed by atoms with Crippen molar-refractivity contribution in [2.45, 2.75) is 37.0 Å². The molecule has 0 atom stereocenters. The SMILES string of the molecule is Cn1c(=O)n(CC(=O)N(Cc2nncn2C(c2ccccc2)(c2ccccc2)c2ccccc2)c2ccc(F)cc2)c2cc(C(F)(F)F)cc(-c3cc(Cl)c(OCc4nncn4C(c4ccccc4)(c4ccccc4)c4ccccc4)c(Cl)c3)c21. The fourth-order valence-corrected chi connectivity index (χ4v) is 12.2. The number of aromatic nitrogens is 8. The third kappa shape index (κ3) is 10.1. The van der Waals surface area contributed by atoms with Crippen molar-refractivity contribution < 1.29 is 27.1 Å². The highest BCUT2D eigenvalue weighted by molar-refractivity contribution is 6.37. The molecule has 0 aliphatic rings. The smallest absolute Gasteiger partial charge is 0.416 e. The van der Waals surface area contributed by atoms with Gasteiger partial charge in [0.25, 0.3) is 0 Å². The average molecular weight is 1180 g/mol. The number of alkyl halides is 3. The summed E-state index contributed by atoms with van der Waals surface area (Å²) in [6.45, 7) is -1.24. The van der Waals surface area contributed by atoms with Crippen LogP contribution in [0, 0.1) is 5.82 Å². The molecule has 9 aromatic carbocycles. The monoisotopic (exact) mass is 1170 g/mol. The summed E-state index contributed by atoms with van der Waals surface area (Å²) in [5, 5.41) is 17.7. The third-order valence-electron chi connectivity index (χ3n) is 15.4. The second-order valence-electron chi connectivity index (χ2n) is 20.2. The van der Waals surface area contributed by atoms with Crippen LogP contribution in [0.5, 0.6) is 5.75 Å². The molecule has 0 spiro atoms. The first-order valence-corrected chi connectivity index (χ1v) is 27.6. The van der Waals surface area contributed by atoms with Gasteiger partial charge in [-0.05, 0) is 87.5 Å². The van der Waals surface area contributed by atoms with E-state index in [9.17, 15) is 9.18 Å². The Morgan fingerprint density at radius 3 is 1.39 bits per heavy atom. The second-order valence-corrected chi connectivity index (χ2v) is 21.0. The van der Waals surface area contributed by atoms with E-state index in [0.29, 0.717) is 5.82 Å². The van der Waals surface area contributed by atoms with Gasteiger partial charge in [-0.15, -0.1) is 20.4 Å². The summed E-state index contributed by atoms with van der Waals surface area (Å²) in [5.41, 5.74) is 1.32. The van der Waals surface area contributed by atoms with E-state index in [-0.39, 0.29) is 62.6 Å². The largest absolute Gasteiger partial charge is 0.482 e. The molecule has 85 heavy (non-hydrogen) atoms. The number of imidazole rings is 1. The predicted octanol–water partition coefficient (Wildman–Crippen LogP) is 14.1. The molecule has 422 valence electrons. The number of carbonyl (C=O) groups excluding carboxylic acids is 1. The Balaban J connectivity index is 0.916. The highest BCUT2D eigenvalue weighted by Crippen LogP contribution is 2.46. The van der Waals surface area contributed by atoms with E-state index in [2.05, 4.69) is 20.4 Å². The van der Waals surface area contributed by atoms with Crippen molar-refractivity contribution in [2.75, 3.05) is 4.90 Å². The molecule has 3 heterocycles. The number of ether oxygens (including phenoxy) is 1. The van der Waals surface area contributed by atoms with E-state index < -0.39 is 46.8 Å². The lowest BCUT2D eigenvalue weighted by atomic mass is 9.76. The fraction of sp³-hybridized carbons (Fsp3) is 0.104. The van der Waals surface area contributed by atoms with Gasteiger partial charge < -0.3 is 9.64 Å². The third-order valence-corrected chi connectivity index (χ3v) is 15.9. The van der Waals surface area contributed by atoms with Crippen molar-refractivity contribution in [3.8, 4) is 16.9 Å². The number of hydrogen-bond donors (Lipinski definition) is 0. The second kappa shape index (κ2) is 23.0. The van der Waals surface area contributed by atoms with E-state index in [0.717, 1.165) is 50.1 Å². The molecule has 0 aliphatic carbocycles. The van der Waals surface area contributed by atoms with Crippen molar-refractivity contribution in [2.24, 2.45) is 7.05 Å². The van der Waals surface area contributed by atoms with Gasteiger partial charge >= 0.3 is 11.9 Å². The summed E-state index contributed by atoms with van der Waals surface area (Å²) in [6.07, 6.45) is -1.73. The predicted molar refractivity (Wildman–Crippen MR) is 319 cm³/mol. The molecule has 0 saturated carbocycles. The van der Waals surface area contributed by atoms with Crippen LogP contribution in [0.2, 0.25) is 10.0 Å². The lowest BCUT2D eigenvalue weighted by molar-refractivity contribution is -0.137. The van der Waals surface area contributed by atoms with Crippen molar-refractivity contribution >= 4 is 45.8 Å². The summed E-state index contributed by atoms with van der Waals surface area (Å²) in [4.78, 5) is 31.1. The summed E-state index contributed by atoms with van der Waals surface area (Å²) >= 11 is 14.1. The number of aryl methyl sites for hydroxylation is 1. The van der Waals surface area contributed by atoms with Gasteiger partial charge in [-0.1, -0.05) is 205 Å². The summed E-state index contributed by atoms with van der Waals surface area (Å²) < 4.78 is 72.7. The highest BCUT2D eigenvalue weighted by Gasteiger charge is 2.42. The number of rotatable bonds is 17. The first kappa shape index (κ1) is 55.6. The van der Waals surface area contributed by atoms with E-state index >= 15 is 18.0 Å². The molecule has 0 radical (unpaired) electrons. The van der Waals surface area contributed by atoms with Crippen molar-refractivity contribution in [3.05, 3.63) is 320 Å². The maximum atomic E-state index is 15.2. The van der Waals surface area contributed by atoms with E-state index in [1.165, 1.54) is 52.9 Å². The van der Waals surface area contributed by atoms with Gasteiger partial charge in [0.15, 0.2) is 17.4 Å². The zero-order chi connectivity index (χ0) is 58.9. The van der Waals surface area contributed by atoms with Crippen LogP contribution in [-0.2, 0) is 48.8 Å². The molecule has 12 nitrogen and oxygen atoms in total. The quantitative estimate of drug-likeness (QED) is 0.0658. The normalized spacial score (nSPS) is 11.9. The summed E-state index contributed by atoms with van der Waals surface area (Å²) in [6, 6.07) is 68.6. The van der Waals surface area contributed by atoms with Crippen LogP contribution in [-0.4, -0.2) is 44.6 Å². The lowest BCUT2D eigenvalue weighted by Crippen LogP contribution is -2.41. The number of fused-ring (bicyclic) bond motifs is 1. The number of carbonyl (C=O) groups is 1. The maximum absolute atomic E-state index is 15.2. The molecule has 0 aliphatic heterocycles. The van der Waals surface area contributed by atoms with Crippen LogP contribution in [0.1, 0.15) is 50.6 Å². The van der Waals surface area contributed by atoms with Crippen LogP contribution >= 0.6 is 23.2 Å². The molecule has 0 unspecified atom stereocenters. The molecular weight excluding hydrogens is 1130 g/mol. The van der Waals surface area contributed by atoms with E-state index in [1.54, 1.807) is 12.7 Å². The van der Waals surface area contributed by atoms with E-state index in [1.807, 2.05) is 191 Å². The van der Waals surface area contributed by atoms with Crippen molar-refractivity contribution in [1.29, 1.82) is 0 Å². The molecule has 18 heteroatoms. The minimum absolute atomic E-state index is 0.0110. The number of anilines is 1. The molecule has 0 N–H and O–H groups in total. The average Bonchev–Trinajstić information content (AvgIpc) is 2.00. The van der Waals surface area contributed by atoms with E-state index in [4.69, 9.17) is 27.9 Å². The highest BCUT2D eigenvalue weighted by atomic mass is 35.5. The number of halogens is 6. The maximum Gasteiger partial charge on any atom is 0.416 e. The zero-order valence-electron chi connectivity index (χ0n) is 45.2. The van der Waals surface area contributed by atoms with Crippen LogP contribution < -0.4 is 15.3 Å². The molecule has 1 amide bonds. The molecular formula is C67H49Cl2F4N9O3. The van der Waals surface area contributed by atoms with Gasteiger partial charge in [-0.3, -0.25) is 23.1 Å². The van der Waals surface area contributed by atoms with Crippen LogP contribution in [0.4, 0.5) is 23.2 Å². The molecule has 0 saturated heterocycles. The fourth-order valence-electron chi connectivity index (χ4n) is 11.6. The Labute approximate surface area is 495 Å². The Morgan fingerprint density at radius 2 is 0.965 bits per heavy atom. The number of nitrogens with zero attached hydrogens (tertiary/aromatic N) is 9. The topological polar surface area (TPSA) is 118 Å². The molecule has 0 fully saturated rings. The lowest BCUT2D eigenvalue weighted by Gasteiger charge is -2.38. The number of amides is 1. The van der Waals surface area contributed by atoms with Crippen LogP contribution in [0.3, 0.4) is 0 Å². The first-order chi connectivity index (χ1) is 41.3. The Hall–Kier alpha value is -9.90. The summed E-state index contributed by atoms with van der Waals surface area (Å²) in [7, 11) is 1.40. The van der Waals surface area contributed by atoms with Gasteiger partial charge in [-0.2, -0.15) is 13.2 Å². The van der Waals surface area contributed by atoms with Gasteiger partial charge in [0, 0.05) is 18.3 Å². The standard InChI is InChI=1S/C67H49Cl2F4N9O3/c1-78-62-55(45-36-56(68)63(57(69)37-45)85-42-60-77-75-44-82(60)66(49-26-14-5-15-27-49,50-28-16-6-17-29-50)51-30-18-7-19-31-51)38-52(67(71,72)73)39-58(62)80(64(78)84)41-61(83)79(54-34-32-53(70)33-35-54)40-59-76-74-43-81(59)65(46-20-8-2-9-21-46,47-22-10-3-11-23-47)48-24-12-4-13-25-48/h2-39,43-44H,40-42H2,1H3. The molecule has 12 aromatic rings. The Morgan fingerprint density at radius 1 is 0.553 bits per heavy atom. The Kier molecular flexibility index (Phi) is 15.1. The minimum Gasteiger partial charge on any atom is -0.482 e. The number of benzene rings is 9. The minimum atomic E-state index is -4.93. The van der Waals surface area contributed by atoms with Gasteiger partial charge in [0.1, 0.15) is 42.7 Å².